The zero-order valence-electron chi connectivity index (χ0n) is 21.7. The van der Waals surface area contributed by atoms with Crippen LogP contribution >= 0.6 is 11.6 Å². The third-order valence-electron chi connectivity index (χ3n) is 5.51. The molecule has 0 radical (unpaired) electrons. The van der Waals surface area contributed by atoms with E-state index in [0.29, 0.717) is 6.07 Å². The molecule has 0 unspecified atom stereocenters. The highest BCUT2D eigenvalue weighted by Gasteiger charge is 2.23. The summed E-state index contributed by atoms with van der Waals surface area (Å²) in [7, 11) is -2.59. The predicted molar refractivity (Wildman–Crippen MR) is 147 cm³/mol. The van der Waals surface area contributed by atoms with Crippen molar-refractivity contribution in [2.45, 2.75) is 13.0 Å². The fourth-order valence-corrected chi connectivity index (χ4v) is 4.60. The Balaban J connectivity index is 1.83. The van der Waals surface area contributed by atoms with Gasteiger partial charge in [0, 0.05) is 30.4 Å². The van der Waals surface area contributed by atoms with E-state index in [4.69, 9.17) is 11.6 Å². The van der Waals surface area contributed by atoms with E-state index in [2.05, 4.69) is 40.0 Å². The van der Waals surface area contributed by atoms with Gasteiger partial charge in [0.1, 0.15) is 29.0 Å². The number of methoxy groups -OCH3 is 1. The van der Waals surface area contributed by atoms with Crippen molar-refractivity contribution >= 4 is 39.4 Å². The van der Waals surface area contributed by atoms with E-state index >= 15 is 0 Å². The van der Waals surface area contributed by atoms with Gasteiger partial charge in [-0.2, -0.15) is 0 Å². The minimum absolute atomic E-state index is 0.00449. The van der Waals surface area contributed by atoms with Crippen LogP contribution in [-0.2, 0) is 14.8 Å². The van der Waals surface area contributed by atoms with Gasteiger partial charge in [0.15, 0.2) is 0 Å². The lowest BCUT2D eigenvalue weighted by Crippen LogP contribution is -2.37. The molecule has 0 spiro atoms. The minimum atomic E-state index is -3.83. The number of hydrogen-bond acceptors (Lipinski definition) is 8. The highest BCUT2D eigenvalue weighted by atomic mass is 35.5. The van der Waals surface area contributed by atoms with Crippen LogP contribution in [0.25, 0.3) is 34.0 Å². The Bertz CT molecular complexity index is 1720. The topological polar surface area (TPSA) is 151 Å². The maximum absolute atomic E-state index is 14.7. The van der Waals surface area contributed by atoms with E-state index in [1.165, 1.54) is 25.4 Å². The first-order valence-electron chi connectivity index (χ1n) is 11.8. The summed E-state index contributed by atoms with van der Waals surface area (Å²) in [6.45, 7) is 1.94. The molecule has 2 aromatic heterocycles. The Morgan fingerprint density at radius 1 is 1.10 bits per heavy atom. The SMILES string of the molecule is COC(=O)N[C@@H](C)CNc1nccc(-c2[nH]c(-c3ccc(F)cc3F)nc2-c2cc(F)cc(NS(C)(=O)=O)c2Cl)n1. The first-order chi connectivity index (χ1) is 19.3. The van der Waals surface area contributed by atoms with E-state index in [9.17, 15) is 26.4 Å². The van der Waals surface area contributed by atoms with Crippen molar-refractivity contribution in [1.82, 2.24) is 25.3 Å². The summed E-state index contributed by atoms with van der Waals surface area (Å²) < 4.78 is 73.4. The van der Waals surface area contributed by atoms with Crippen LogP contribution in [0.3, 0.4) is 0 Å². The molecule has 0 aliphatic carbocycles. The second kappa shape index (κ2) is 12.0. The van der Waals surface area contributed by atoms with Gasteiger partial charge in [-0.25, -0.2) is 41.3 Å². The number of halogens is 4. The number of H-pyrrole nitrogens is 1. The van der Waals surface area contributed by atoms with Gasteiger partial charge in [-0.1, -0.05) is 11.6 Å². The van der Waals surface area contributed by atoms with Crippen LogP contribution in [0.1, 0.15) is 6.92 Å². The number of hydrogen-bond donors (Lipinski definition) is 4. The molecule has 1 atom stereocenters. The van der Waals surface area contributed by atoms with Gasteiger partial charge in [-0.3, -0.25) is 4.72 Å². The number of aromatic amines is 1. The number of amides is 1. The summed E-state index contributed by atoms with van der Waals surface area (Å²) in [6, 6.07) is 5.94. The number of nitrogens with zero attached hydrogens (tertiary/aromatic N) is 3. The first-order valence-corrected chi connectivity index (χ1v) is 14.1. The molecule has 216 valence electrons. The molecule has 4 aromatic rings. The smallest absolute Gasteiger partial charge is 0.407 e. The predicted octanol–water partition coefficient (Wildman–Crippen LogP) is 4.80. The van der Waals surface area contributed by atoms with Crippen LogP contribution in [0.15, 0.2) is 42.6 Å². The lowest BCUT2D eigenvalue weighted by Gasteiger charge is -2.14. The van der Waals surface area contributed by atoms with Crippen LogP contribution in [0, 0.1) is 17.5 Å². The van der Waals surface area contributed by atoms with Crippen molar-refractivity contribution in [2.24, 2.45) is 0 Å². The zero-order chi connectivity index (χ0) is 29.9. The number of rotatable bonds is 9. The lowest BCUT2D eigenvalue weighted by atomic mass is 10.1. The van der Waals surface area contributed by atoms with E-state index in [1.807, 2.05) is 0 Å². The molecule has 4 rings (SSSR count). The number of anilines is 2. The van der Waals surface area contributed by atoms with Gasteiger partial charge in [-0.15, -0.1) is 0 Å². The van der Waals surface area contributed by atoms with E-state index in [-0.39, 0.29) is 63.3 Å². The highest BCUT2D eigenvalue weighted by Crippen LogP contribution is 2.40. The van der Waals surface area contributed by atoms with Crippen molar-refractivity contribution in [3.05, 3.63) is 65.1 Å². The molecule has 0 bridgehead atoms. The van der Waals surface area contributed by atoms with Gasteiger partial charge in [0.25, 0.3) is 0 Å². The fraction of sp³-hybridized carbons (Fsp3) is 0.200. The Kier molecular flexibility index (Phi) is 8.68. The molecule has 0 saturated carbocycles. The Hall–Kier alpha value is -4.37. The first kappa shape index (κ1) is 29.6. The number of ether oxygens (including phenoxy) is 1. The van der Waals surface area contributed by atoms with Crippen LogP contribution in [0.2, 0.25) is 5.02 Å². The van der Waals surface area contributed by atoms with E-state index in [1.54, 1.807) is 6.92 Å². The van der Waals surface area contributed by atoms with E-state index < -0.39 is 33.6 Å². The highest BCUT2D eigenvalue weighted by molar-refractivity contribution is 7.92. The van der Waals surface area contributed by atoms with Gasteiger partial charge in [-0.05, 0) is 37.3 Å². The Morgan fingerprint density at radius 2 is 1.85 bits per heavy atom. The summed E-state index contributed by atoms with van der Waals surface area (Å²) in [5.74, 6) is -2.48. The van der Waals surface area contributed by atoms with Crippen LogP contribution in [-0.4, -0.2) is 60.4 Å². The number of carbonyl (C=O) groups excluding carboxylic acids is 1. The van der Waals surface area contributed by atoms with E-state index in [0.717, 1.165) is 24.5 Å². The number of nitrogens with one attached hydrogen (secondary N) is 4. The molecular formula is C25H23ClF3N7O4S. The standard InChI is InChI=1S/C25H23ClF3N7O4S/c1-12(32-25(37)40-2)11-31-24-30-7-6-18(33-24)22-21(34-23(35-22)15-5-4-13(27)9-17(15)29)16-8-14(28)10-19(20(16)26)36-41(3,38)39/h4-10,12,36H,11H2,1-3H3,(H,32,37)(H,34,35)(H,30,31,33)/t12-/m0/s1. The monoisotopic (exact) mass is 609 g/mol. The maximum Gasteiger partial charge on any atom is 0.407 e. The number of carbonyl (C=O) groups is 1. The number of benzene rings is 2. The van der Waals surface area contributed by atoms with Crippen LogP contribution in [0.4, 0.5) is 29.6 Å². The summed E-state index contributed by atoms with van der Waals surface area (Å²) in [5.41, 5.74) is -0.0317. The van der Waals surface area contributed by atoms with Gasteiger partial charge < -0.3 is 20.4 Å². The molecule has 0 fully saturated rings. The number of sulfonamides is 1. The van der Waals surface area contributed by atoms with Crippen molar-refractivity contribution in [3.8, 4) is 34.0 Å². The molecular weight excluding hydrogens is 587 g/mol. The number of alkyl carbamates (subject to hydrolysis) is 1. The van der Waals surface area contributed by atoms with Crippen molar-refractivity contribution in [3.63, 3.8) is 0 Å². The molecule has 4 N–H and O–H groups in total. The molecule has 16 heteroatoms. The Labute approximate surface area is 237 Å². The summed E-state index contributed by atoms with van der Waals surface area (Å²) >= 11 is 6.50. The third kappa shape index (κ3) is 7.24. The molecule has 1 amide bonds. The maximum atomic E-state index is 14.7. The van der Waals surface area contributed by atoms with Crippen molar-refractivity contribution in [1.29, 1.82) is 0 Å². The minimum Gasteiger partial charge on any atom is -0.453 e. The Morgan fingerprint density at radius 3 is 2.54 bits per heavy atom. The quantitative estimate of drug-likeness (QED) is 0.211. The largest absolute Gasteiger partial charge is 0.453 e. The normalized spacial score (nSPS) is 12.1. The molecule has 0 aliphatic rings. The molecule has 41 heavy (non-hydrogen) atoms. The van der Waals surface area contributed by atoms with Crippen LogP contribution < -0.4 is 15.4 Å². The lowest BCUT2D eigenvalue weighted by molar-refractivity contribution is 0.168. The van der Waals surface area contributed by atoms with Crippen molar-refractivity contribution in [2.75, 3.05) is 29.9 Å². The van der Waals surface area contributed by atoms with Crippen LogP contribution in [0.5, 0.6) is 0 Å². The molecule has 0 saturated heterocycles. The number of aromatic nitrogens is 4. The van der Waals surface area contributed by atoms with Gasteiger partial charge in [0.2, 0.25) is 16.0 Å². The summed E-state index contributed by atoms with van der Waals surface area (Å²) in [6.07, 6.45) is 1.67. The average Bonchev–Trinajstić information content (AvgIpc) is 3.33. The summed E-state index contributed by atoms with van der Waals surface area (Å²) in [5, 5.41) is 5.36. The second-order valence-corrected chi connectivity index (χ2v) is 10.9. The summed E-state index contributed by atoms with van der Waals surface area (Å²) in [4.78, 5) is 27.4. The number of imidazole rings is 1. The molecule has 11 nitrogen and oxygen atoms in total. The molecule has 0 aliphatic heterocycles. The molecule has 2 aromatic carbocycles. The van der Waals surface area contributed by atoms with Gasteiger partial charge >= 0.3 is 6.09 Å². The van der Waals surface area contributed by atoms with Gasteiger partial charge in [0.05, 0.1) is 41.0 Å². The fourth-order valence-electron chi connectivity index (χ4n) is 3.74. The zero-order valence-corrected chi connectivity index (χ0v) is 23.3. The molecule has 2 heterocycles. The van der Waals surface area contributed by atoms with Crippen molar-refractivity contribution < 1.29 is 31.1 Å². The average molecular weight is 610 g/mol. The third-order valence-corrected chi connectivity index (χ3v) is 6.50. The second-order valence-electron chi connectivity index (χ2n) is 8.81.